The van der Waals surface area contributed by atoms with Gasteiger partial charge < -0.3 is 10.6 Å². The van der Waals surface area contributed by atoms with Crippen molar-refractivity contribution in [1.29, 1.82) is 0 Å². The highest BCUT2D eigenvalue weighted by Gasteiger charge is 2.33. The van der Waals surface area contributed by atoms with Gasteiger partial charge in [-0.05, 0) is 24.3 Å². The van der Waals surface area contributed by atoms with Crippen LogP contribution < -0.4 is 27.0 Å². The molecular formula is C15H18N6. The van der Waals surface area contributed by atoms with Crippen LogP contribution in [0.4, 0.5) is 11.4 Å². The first-order valence-corrected chi connectivity index (χ1v) is 6.70. The number of benzene rings is 2. The molecule has 21 heavy (non-hydrogen) atoms. The minimum Gasteiger partial charge on any atom is -0.369 e. The Morgan fingerprint density at radius 1 is 0.810 bits per heavy atom. The zero-order chi connectivity index (χ0) is 14.8. The summed E-state index contributed by atoms with van der Waals surface area (Å²) in [6.07, 6.45) is -1.13. The van der Waals surface area contributed by atoms with Crippen LogP contribution in [-0.2, 0) is 0 Å². The molecule has 1 aliphatic heterocycles. The maximum absolute atomic E-state index is 6.38. The fraction of sp³-hybridized carbons (Fsp3) is 0.133. The summed E-state index contributed by atoms with van der Waals surface area (Å²) in [5, 5.41) is 0. The van der Waals surface area contributed by atoms with E-state index in [0.717, 1.165) is 11.4 Å². The summed E-state index contributed by atoms with van der Waals surface area (Å²) < 4.78 is 0. The van der Waals surface area contributed by atoms with Crippen LogP contribution in [0.5, 0.6) is 0 Å². The molecule has 0 radical (unpaired) electrons. The lowest BCUT2D eigenvalue weighted by Crippen LogP contribution is -2.67. The van der Waals surface area contributed by atoms with Crippen molar-refractivity contribution in [2.75, 3.05) is 9.80 Å². The van der Waals surface area contributed by atoms with Gasteiger partial charge in [0.15, 0.2) is 12.6 Å². The first-order chi connectivity index (χ1) is 10.2. The number of guanidine groups is 1. The quantitative estimate of drug-likeness (QED) is 0.757. The number of hydrogen-bond donors (Lipinski definition) is 3. The van der Waals surface area contributed by atoms with Gasteiger partial charge >= 0.3 is 0 Å². The number of nitrogens with zero attached hydrogens (tertiary/aromatic N) is 3. The number of nitrogens with two attached hydrogens (primary N) is 3. The van der Waals surface area contributed by atoms with Crippen molar-refractivity contribution >= 4 is 17.3 Å². The molecule has 6 N–H and O–H groups in total. The van der Waals surface area contributed by atoms with Gasteiger partial charge in [-0.15, -0.1) is 0 Å². The fourth-order valence-corrected chi connectivity index (χ4v) is 2.46. The lowest BCUT2D eigenvalue weighted by atomic mass is 10.2. The molecule has 0 aliphatic carbocycles. The molecule has 6 heteroatoms. The average Bonchev–Trinajstić information content (AvgIpc) is 2.49. The smallest absolute Gasteiger partial charge is 0.201 e. The molecule has 6 nitrogen and oxygen atoms in total. The van der Waals surface area contributed by atoms with Crippen LogP contribution in [0.25, 0.3) is 0 Å². The van der Waals surface area contributed by atoms with Crippen LogP contribution in [-0.4, -0.2) is 18.5 Å². The van der Waals surface area contributed by atoms with Crippen molar-refractivity contribution in [2.24, 2.45) is 22.2 Å². The molecule has 0 bridgehead atoms. The highest BCUT2D eigenvalue weighted by atomic mass is 15.5. The number of anilines is 2. The molecule has 2 unspecified atom stereocenters. The van der Waals surface area contributed by atoms with E-state index in [4.69, 9.17) is 17.2 Å². The zero-order valence-electron chi connectivity index (χ0n) is 11.5. The van der Waals surface area contributed by atoms with Gasteiger partial charge in [0, 0.05) is 11.4 Å². The molecule has 0 amide bonds. The molecule has 2 aromatic carbocycles. The maximum atomic E-state index is 6.38. The Morgan fingerprint density at radius 3 is 1.90 bits per heavy atom. The third kappa shape index (κ3) is 2.42. The van der Waals surface area contributed by atoms with E-state index in [1.165, 1.54) is 0 Å². The van der Waals surface area contributed by atoms with Gasteiger partial charge in [0.05, 0.1) is 0 Å². The van der Waals surface area contributed by atoms with Crippen molar-refractivity contribution in [3.05, 3.63) is 60.7 Å². The zero-order valence-corrected chi connectivity index (χ0v) is 11.5. The first-order valence-electron chi connectivity index (χ1n) is 6.70. The number of para-hydroxylation sites is 2. The van der Waals surface area contributed by atoms with Crippen LogP contribution in [0, 0.1) is 0 Å². The Hall–Kier alpha value is -2.57. The van der Waals surface area contributed by atoms with E-state index < -0.39 is 12.6 Å². The van der Waals surface area contributed by atoms with E-state index in [1.54, 1.807) is 4.90 Å². The number of rotatable bonds is 2. The van der Waals surface area contributed by atoms with Gasteiger partial charge in [-0.2, -0.15) is 0 Å². The van der Waals surface area contributed by atoms with E-state index in [9.17, 15) is 0 Å². The van der Waals surface area contributed by atoms with Crippen molar-refractivity contribution in [2.45, 2.75) is 12.6 Å². The fourth-order valence-electron chi connectivity index (χ4n) is 2.46. The van der Waals surface area contributed by atoms with Crippen molar-refractivity contribution in [3.8, 4) is 0 Å². The van der Waals surface area contributed by atoms with Gasteiger partial charge in [-0.25, -0.2) is 4.99 Å². The summed E-state index contributed by atoms with van der Waals surface area (Å²) in [6.45, 7) is 0. The summed E-state index contributed by atoms with van der Waals surface area (Å²) in [5.74, 6) is 0.313. The van der Waals surface area contributed by atoms with E-state index in [1.807, 2.05) is 65.6 Å². The maximum Gasteiger partial charge on any atom is 0.201 e. The topological polar surface area (TPSA) is 96.9 Å². The van der Waals surface area contributed by atoms with Crippen molar-refractivity contribution in [3.63, 3.8) is 0 Å². The minimum absolute atomic E-state index is 0.313. The van der Waals surface area contributed by atoms with E-state index in [2.05, 4.69) is 4.99 Å². The van der Waals surface area contributed by atoms with Crippen molar-refractivity contribution in [1.82, 2.24) is 0 Å². The SMILES string of the molecule is NC1=NC(N)N(c2ccccc2)C(N)N1c1ccccc1. The van der Waals surface area contributed by atoms with Crippen LogP contribution in [0.1, 0.15) is 0 Å². The summed E-state index contributed by atoms with van der Waals surface area (Å²) in [5.41, 5.74) is 20.3. The van der Waals surface area contributed by atoms with Gasteiger partial charge in [0.25, 0.3) is 0 Å². The van der Waals surface area contributed by atoms with Gasteiger partial charge in [-0.1, -0.05) is 36.4 Å². The van der Waals surface area contributed by atoms with Crippen LogP contribution in [0.15, 0.2) is 65.7 Å². The largest absolute Gasteiger partial charge is 0.369 e. The molecule has 2 aromatic rings. The predicted molar refractivity (Wildman–Crippen MR) is 85.4 cm³/mol. The molecule has 108 valence electrons. The second-order valence-electron chi connectivity index (χ2n) is 4.76. The monoisotopic (exact) mass is 282 g/mol. The van der Waals surface area contributed by atoms with Gasteiger partial charge in [-0.3, -0.25) is 16.4 Å². The third-order valence-corrected chi connectivity index (χ3v) is 3.43. The van der Waals surface area contributed by atoms with E-state index in [0.29, 0.717) is 5.96 Å². The van der Waals surface area contributed by atoms with Gasteiger partial charge in [0.1, 0.15) is 0 Å². The van der Waals surface area contributed by atoms with Crippen LogP contribution in [0.2, 0.25) is 0 Å². The summed E-state index contributed by atoms with van der Waals surface area (Å²) in [4.78, 5) is 7.88. The lowest BCUT2D eigenvalue weighted by Gasteiger charge is -2.44. The minimum atomic E-state index is -0.609. The highest BCUT2D eigenvalue weighted by molar-refractivity contribution is 5.97. The molecule has 0 fully saturated rings. The molecule has 0 saturated carbocycles. The number of aliphatic imine (C=N–C) groups is 1. The molecule has 1 heterocycles. The number of hydrogen-bond acceptors (Lipinski definition) is 6. The predicted octanol–water partition coefficient (Wildman–Crippen LogP) is 0.812. The normalized spacial score (nSPS) is 22.1. The molecule has 0 spiro atoms. The van der Waals surface area contributed by atoms with Crippen LogP contribution in [0.3, 0.4) is 0 Å². The molecular weight excluding hydrogens is 264 g/mol. The van der Waals surface area contributed by atoms with E-state index in [-0.39, 0.29) is 0 Å². The third-order valence-electron chi connectivity index (χ3n) is 3.43. The molecule has 3 rings (SSSR count). The lowest BCUT2D eigenvalue weighted by molar-refractivity contribution is 0.514. The second-order valence-corrected chi connectivity index (χ2v) is 4.76. The average molecular weight is 282 g/mol. The Balaban J connectivity index is 2.02. The summed E-state index contributed by atoms with van der Waals surface area (Å²) in [6, 6.07) is 19.4. The highest BCUT2D eigenvalue weighted by Crippen LogP contribution is 2.25. The van der Waals surface area contributed by atoms with Crippen molar-refractivity contribution < 1.29 is 0 Å². The second kappa shape index (κ2) is 5.43. The summed E-state index contributed by atoms with van der Waals surface area (Å²) in [7, 11) is 0. The van der Waals surface area contributed by atoms with Crippen LogP contribution >= 0.6 is 0 Å². The standard InChI is InChI=1S/C15H18N6/c16-13-19-14(17)21(12-9-5-2-6-10-12)15(18)20(13)11-7-3-1-4-8-11/h1-10,13,15H,16,18H2,(H2,17,19). The summed E-state index contributed by atoms with van der Waals surface area (Å²) >= 11 is 0. The molecule has 2 atom stereocenters. The Morgan fingerprint density at radius 2 is 1.33 bits per heavy atom. The Kier molecular flexibility index (Phi) is 3.47. The molecule has 1 aliphatic rings. The Labute approximate surface area is 123 Å². The molecule has 0 aromatic heterocycles. The Bertz CT molecular complexity index is 627. The van der Waals surface area contributed by atoms with E-state index >= 15 is 0 Å². The van der Waals surface area contributed by atoms with Gasteiger partial charge in [0.2, 0.25) is 5.96 Å². The molecule has 0 saturated heterocycles. The first kappa shape index (κ1) is 13.4.